The van der Waals surface area contributed by atoms with E-state index in [4.69, 9.17) is 0 Å². The van der Waals surface area contributed by atoms with Gasteiger partial charge >= 0.3 is 0 Å². The molecule has 0 heterocycles. The van der Waals surface area contributed by atoms with Crippen LogP contribution in [0.3, 0.4) is 0 Å². The van der Waals surface area contributed by atoms with Crippen molar-refractivity contribution in [2.24, 2.45) is 101 Å². The Hall–Kier alpha value is 0.340. The fourth-order valence-electron chi connectivity index (χ4n) is 20.0. The Morgan fingerprint density at radius 2 is 0.653 bits per heavy atom. The molecule has 0 aromatic carbocycles. The van der Waals surface area contributed by atoms with Crippen molar-refractivity contribution >= 4 is 15.8 Å². The van der Waals surface area contributed by atoms with Crippen molar-refractivity contribution in [3.63, 3.8) is 0 Å². The number of allylic oxidation sites excluding steroid dienone is 4. The highest BCUT2D eigenvalue weighted by Crippen LogP contribution is 2.74. The molecule has 0 aromatic heterocycles. The predicted molar refractivity (Wildman–Crippen MR) is 208 cm³/mol. The Morgan fingerprint density at radius 1 is 0.367 bits per heavy atom. The molecule has 17 aliphatic carbocycles. The van der Waals surface area contributed by atoms with Crippen LogP contribution in [0, 0.1) is 101 Å². The van der Waals surface area contributed by atoms with Gasteiger partial charge in [0, 0.05) is 5.92 Å². The monoisotopic (exact) mass is 694 g/mol. The van der Waals surface area contributed by atoms with E-state index in [1.54, 1.807) is 141 Å². The zero-order valence-corrected chi connectivity index (χ0v) is 32.6. The average Bonchev–Trinajstić information content (AvgIpc) is 3.49. The van der Waals surface area contributed by atoms with E-state index in [1.807, 2.05) is 5.57 Å². The van der Waals surface area contributed by atoms with Crippen LogP contribution in [0.1, 0.15) is 128 Å². The van der Waals surface area contributed by atoms with E-state index < -0.39 is 0 Å². The molecule has 1 atom stereocenters. The van der Waals surface area contributed by atoms with Gasteiger partial charge in [0.05, 0.1) is 0 Å². The summed E-state index contributed by atoms with van der Waals surface area (Å²) in [6, 6.07) is 0. The lowest BCUT2D eigenvalue weighted by Crippen LogP contribution is -2.53. The molecule has 17 aliphatic rings. The van der Waals surface area contributed by atoms with Crippen LogP contribution >= 0.6 is 15.8 Å². The zero-order chi connectivity index (χ0) is 31.5. The summed E-state index contributed by atoms with van der Waals surface area (Å²) in [6.45, 7) is 0. The van der Waals surface area contributed by atoms with Gasteiger partial charge in [-0.1, -0.05) is 39.6 Å². The van der Waals surface area contributed by atoms with E-state index in [2.05, 4.69) is 18.2 Å². The van der Waals surface area contributed by atoms with Gasteiger partial charge in [-0.25, -0.2) is 0 Å². The molecule has 1 unspecified atom stereocenters. The molecule has 16 bridgehead atoms. The van der Waals surface area contributed by atoms with Crippen molar-refractivity contribution in [3.8, 4) is 0 Å². The number of hydrogen-bond donors (Lipinski definition) is 0. The van der Waals surface area contributed by atoms with Crippen LogP contribution in [-0.4, -0.2) is 35.0 Å². The first kappa shape index (κ1) is 30.6. The second kappa shape index (κ2) is 11.4. The van der Waals surface area contributed by atoms with Crippen molar-refractivity contribution in [2.75, 3.05) is 12.3 Å². The van der Waals surface area contributed by atoms with E-state index in [0.717, 1.165) is 101 Å². The molecule has 16 fully saturated rings. The predicted octanol–water partition coefficient (Wildman–Crippen LogP) is 12.4. The third-order valence-corrected chi connectivity index (χ3v) is 28.1. The summed E-state index contributed by atoms with van der Waals surface area (Å²) < 4.78 is 0. The van der Waals surface area contributed by atoms with Crippen molar-refractivity contribution in [1.82, 2.24) is 0 Å². The first-order valence-corrected chi connectivity index (χ1v) is 26.3. The van der Waals surface area contributed by atoms with Crippen molar-refractivity contribution in [3.05, 3.63) is 23.8 Å². The highest BCUT2D eigenvalue weighted by molar-refractivity contribution is 7.60. The van der Waals surface area contributed by atoms with E-state index >= 15 is 0 Å². The average molecular weight is 695 g/mol. The minimum Gasteiger partial charge on any atom is -0.0983 e. The van der Waals surface area contributed by atoms with Crippen molar-refractivity contribution < 1.29 is 0 Å². The molecule has 0 aromatic rings. The van der Waals surface area contributed by atoms with Crippen molar-refractivity contribution in [1.29, 1.82) is 0 Å². The normalized spacial score (nSPS) is 60.5. The quantitative estimate of drug-likeness (QED) is 0.222. The van der Waals surface area contributed by atoms with Gasteiger partial charge < -0.3 is 0 Å². The Balaban J connectivity index is 0.830. The number of rotatable bonds is 8. The lowest BCUT2D eigenvalue weighted by molar-refractivity contribution is 0.0127. The summed E-state index contributed by atoms with van der Waals surface area (Å²) in [5, 5.41) is 0. The molecule has 0 amide bonds. The van der Waals surface area contributed by atoms with E-state index in [1.165, 1.54) is 22.6 Å². The molecule has 0 spiro atoms. The van der Waals surface area contributed by atoms with Crippen LogP contribution < -0.4 is 0 Å². The fourth-order valence-corrected chi connectivity index (χ4v) is 29.5. The van der Waals surface area contributed by atoms with Gasteiger partial charge in [-0.05, 0) is 258 Å². The largest absolute Gasteiger partial charge is 0.0983 e. The molecular formula is C47H68P2. The minimum absolute atomic E-state index is 0.127. The lowest BCUT2D eigenvalue weighted by Gasteiger charge is -2.63. The Morgan fingerprint density at radius 3 is 0.959 bits per heavy atom. The molecule has 0 aliphatic heterocycles. The lowest BCUT2D eigenvalue weighted by atomic mass is 9.55. The molecule has 49 heavy (non-hydrogen) atoms. The van der Waals surface area contributed by atoms with Crippen LogP contribution in [0.2, 0.25) is 0 Å². The van der Waals surface area contributed by atoms with Gasteiger partial charge in [-0.2, -0.15) is 0 Å². The Kier molecular flexibility index (Phi) is 7.15. The molecule has 0 saturated heterocycles. The van der Waals surface area contributed by atoms with Gasteiger partial charge in [0.1, 0.15) is 0 Å². The first-order valence-electron chi connectivity index (χ1n) is 23.0. The van der Waals surface area contributed by atoms with E-state index in [0.29, 0.717) is 0 Å². The minimum atomic E-state index is 0.127. The highest BCUT2D eigenvalue weighted by Gasteiger charge is 2.59. The summed E-state index contributed by atoms with van der Waals surface area (Å²) in [6.07, 6.45) is 44.7. The number of hydrogen-bond acceptors (Lipinski definition) is 0. The second-order valence-electron chi connectivity index (χ2n) is 22.8. The maximum absolute atomic E-state index is 2.85. The standard InChI is InChI=1S/C47H68P2/c1-2-34(24-48(44-36-8-26-4-27(10-36)11-37(44)9-26)45-38-12-28-5-29(14-38)15-39(45)13-28)35(3-1)25-49(46-40-16-30-6-31(18-40)19-41(46)17-30)47-42-20-32-7-33(22-42)23-43(47)21-32/h1-3,26-34,36-47H,4-25H2. The summed E-state index contributed by atoms with van der Waals surface area (Å²) in [5.74, 6) is 19.1. The zero-order valence-electron chi connectivity index (χ0n) is 30.8. The van der Waals surface area contributed by atoms with Gasteiger partial charge in [-0.15, -0.1) is 0 Å². The molecular weight excluding hydrogens is 626 g/mol. The van der Waals surface area contributed by atoms with Crippen LogP contribution in [0.4, 0.5) is 0 Å². The molecule has 266 valence electrons. The molecule has 2 heteroatoms. The second-order valence-corrected chi connectivity index (χ2v) is 27.9. The van der Waals surface area contributed by atoms with E-state index in [-0.39, 0.29) is 15.8 Å². The maximum Gasteiger partial charge on any atom is 0.00260 e. The molecule has 17 rings (SSSR count). The SMILES string of the molecule is C1=CC(CP(C2C3CC4CC(C3)CC2C4)C2C3CC4CC(C3)CC2C4)C(CP(C2C3CC4CC(C3)CC2C4)C2C3CC4CC(C3)CC2C4)=C1. The fraction of sp³-hybridized carbons (Fsp3) is 0.915. The van der Waals surface area contributed by atoms with Crippen LogP contribution in [0.5, 0.6) is 0 Å². The van der Waals surface area contributed by atoms with Crippen molar-refractivity contribution in [2.45, 2.75) is 151 Å². The van der Waals surface area contributed by atoms with Gasteiger partial charge in [-0.3, -0.25) is 0 Å². The summed E-state index contributed by atoms with van der Waals surface area (Å²) >= 11 is 0. The third kappa shape index (κ3) is 4.85. The van der Waals surface area contributed by atoms with Gasteiger partial charge in [0.15, 0.2) is 0 Å². The smallest absolute Gasteiger partial charge is 0.00260 e. The van der Waals surface area contributed by atoms with Crippen LogP contribution in [-0.2, 0) is 0 Å². The summed E-state index contributed by atoms with van der Waals surface area (Å²) in [7, 11) is 0.271. The summed E-state index contributed by atoms with van der Waals surface area (Å²) in [5.41, 5.74) is 6.73. The Bertz CT molecular complexity index is 1190. The molecule has 0 N–H and O–H groups in total. The molecule has 0 nitrogen and oxygen atoms in total. The third-order valence-electron chi connectivity index (χ3n) is 20.1. The van der Waals surface area contributed by atoms with Gasteiger partial charge in [0.2, 0.25) is 0 Å². The van der Waals surface area contributed by atoms with E-state index in [9.17, 15) is 0 Å². The highest BCUT2D eigenvalue weighted by atomic mass is 31.1. The Labute approximate surface area is 302 Å². The molecule has 0 radical (unpaired) electrons. The topological polar surface area (TPSA) is 0 Å². The molecule has 16 saturated carbocycles. The first-order chi connectivity index (χ1) is 24.1. The van der Waals surface area contributed by atoms with Gasteiger partial charge in [0.25, 0.3) is 0 Å². The summed E-state index contributed by atoms with van der Waals surface area (Å²) in [4.78, 5) is 0. The maximum atomic E-state index is 2.85. The van der Waals surface area contributed by atoms with Crippen LogP contribution in [0.25, 0.3) is 0 Å². The van der Waals surface area contributed by atoms with Crippen LogP contribution in [0.15, 0.2) is 23.8 Å².